The molecule has 0 aliphatic carbocycles. The smallest absolute Gasteiger partial charge is 0.257 e. The number of nitrogens with zero attached hydrogens (tertiary/aromatic N) is 1. The molecule has 2 aromatic carbocycles. The van der Waals surface area contributed by atoms with E-state index in [9.17, 15) is 9.18 Å². The third-order valence-corrected chi connectivity index (χ3v) is 4.96. The van der Waals surface area contributed by atoms with E-state index in [0.29, 0.717) is 22.5 Å². The van der Waals surface area contributed by atoms with Gasteiger partial charge in [-0.25, -0.2) is 4.39 Å². The topological polar surface area (TPSA) is 38.8 Å². The van der Waals surface area contributed by atoms with E-state index in [1.165, 1.54) is 12.1 Å². The van der Waals surface area contributed by atoms with Crippen molar-refractivity contribution in [2.45, 2.75) is 18.9 Å². The van der Waals surface area contributed by atoms with Crippen LogP contribution in [0.3, 0.4) is 0 Å². The quantitative estimate of drug-likeness (QED) is 0.744. The highest BCUT2D eigenvalue weighted by Gasteiger charge is 2.32. The molecule has 1 aliphatic rings. The summed E-state index contributed by atoms with van der Waals surface area (Å²) in [6.45, 7) is 0.601. The Morgan fingerprint density at radius 1 is 1.16 bits per heavy atom. The van der Waals surface area contributed by atoms with Crippen molar-refractivity contribution in [2.75, 3.05) is 20.8 Å². The van der Waals surface area contributed by atoms with Gasteiger partial charge in [-0.15, -0.1) is 0 Å². The molecule has 2 aromatic rings. The van der Waals surface area contributed by atoms with Gasteiger partial charge in [-0.1, -0.05) is 22.0 Å². The molecule has 0 radical (unpaired) electrons. The van der Waals surface area contributed by atoms with Crippen LogP contribution in [0, 0.1) is 5.82 Å². The zero-order chi connectivity index (χ0) is 18.0. The van der Waals surface area contributed by atoms with E-state index in [1.54, 1.807) is 25.2 Å². The molecular formula is C19H19BrFNO3. The summed E-state index contributed by atoms with van der Waals surface area (Å²) in [4.78, 5) is 14.6. The van der Waals surface area contributed by atoms with E-state index in [-0.39, 0.29) is 17.5 Å². The van der Waals surface area contributed by atoms with Crippen molar-refractivity contribution in [2.24, 2.45) is 0 Å². The van der Waals surface area contributed by atoms with Crippen LogP contribution in [-0.2, 0) is 0 Å². The van der Waals surface area contributed by atoms with Gasteiger partial charge in [-0.3, -0.25) is 4.79 Å². The van der Waals surface area contributed by atoms with Crippen molar-refractivity contribution < 1.29 is 18.7 Å². The van der Waals surface area contributed by atoms with Crippen LogP contribution in [0.2, 0.25) is 0 Å². The zero-order valence-corrected chi connectivity index (χ0v) is 15.7. The van der Waals surface area contributed by atoms with Gasteiger partial charge in [0.1, 0.15) is 5.82 Å². The van der Waals surface area contributed by atoms with E-state index in [0.717, 1.165) is 18.4 Å². The number of hydrogen-bond acceptors (Lipinski definition) is 3. The molecule has 6 heteroatoms. The Kier molecular flexibility index (Phi) is 5.27. The normalized spacial score (nSPS) is 16.8. The first-order valence-electron chi connectivity index (χ1n) is 8.03. The first-order chi connectivity index (χ1) is 12.0. The zero-order valence-electron chi connectivity index (χ0n) is 14.1. The van der Waals surface area contributed by atoms with Crippen LogP contribution in [0.25, 0.3) is 0 Å². The minimum atomic E-state index is -0.508. The highest BCUT2D eigenvalue weighted by atomic mass is 79.9. The van der Waals surface area contributed by atoms with Gasteiger partial charge in [0.2, 0.25) is 0 Å². The summed E-state index contributed by atoms with van der Waals surface area (Å²) in [6, 6.07) is 9.95. The second-order valence-electron chi connectivity index (χ2n) is 5.90. The number of carbonyl (C=O) groups excluding carboxylic acids is 1. The highest BCUT2D eigenvalue weighted by Crippen LogP contribution is 2.37. The minimum Gasteiger partial charge on any atom is -0.493 e. The Morgan fingerprint density at radius 3 is 2.64 bits per heavy atom. The Hall–Kier alpha value is -2.08. The van der Waals surface area contributed by atoms with Crippen LogP contribution in [0.5, 0.6) is 11.5 Å². The Labute approximate surface area is 154 Å². The summed E-state index contributed by atoms with van der Waals surface area (Å²) < 4.78 is 25.4. The summed E-state index contributed by atoms with van der Waals surface area (Å²) in [6.07, 6.45) is 1.71. The molecule has 1 aliphatic heterocycles. The molecule has 132 valence electrons. The number of benzene rings is 2. The monoisotopic (exact) mass is 407 g/mol. The second kappa shape index (κ2) is 7.44. The van der Waals surface area contributed by atoms with E-state index in [4.69, 9.17) is 9.47 Å². The van der Waals surface area contributed by atoms with Crippen LogP contribution in [-0.4, -0.2) is 31.6 Å². The van der Waals surface area contributed by atoms with Crippen LogP contribution in [0.1, 0.15) is 34.8 Å². The van der Waals surface area contributed by atoms with Crippen LogP contribution < -0.4 is 9.47 Å². The first kappa shape index (κ1) is 17.7. The largest absolute Gasteiger partial charge is 0.493 e. The summed E-state index contributed by atoms with van der Waals surface area (Å²) in [5, 5.41) is 0. The van der Waals surface area contributed by atoms with Crippen molar-refractivity contribution in [1.82, 2.24) is 4.90 Å². The number of carbonyl (C=O) groups is 1. The number of ether oxygens (including phenoxy) is 2. The van der Waals surface area contributed by atoms with Crippen molar-refractivity contribution in [3.8, 4) is 11.5 Å². The molecule has 1 unspecified atom stereocenters. The molecule has 0 aromatic heterocycles. The van der Waals surface area contributed by atoms with E-state index < -0.39 is 5.82 Å². The molecule has 1 heterocycles. The van der Waals surface area contributed by atoms with Crippen LogP contribution in [0.4, 0.5) is 4.39 Å². The molecule has 1 amide bonds. The third-order valence-electron chi connectivity index (χ3n) is 4.46. The number of rotatable bonds is 4. The molecular weight excluding hydrogens is 389 g/mol. The van der Waals surface area contributed by atoms with Gasteiger partial charge in [-0.2, -0.15) is 0 Å². The highest BCUT2D eigenvalue weighted by molar-refractivity contribution is 9.10. The van der Waals surface area contributed by atoms with Crippen molar-refractivity contribution in [3.05, 3.63) is 57.8 Å². The molecule has 4 nitrogen and oxygen atoms in total. The third kappa shape index (κ3) is 3.49. The standard InChI is InChI=1S/C19H19BrFNO3/c1-24-17-8-5-12(10-18(17)25-2)16-4-3-9-22(16)19(23)14-11-13(20)6-7-15(14)21/h5-8,10-11,16H,3-4,9H2,1-2H3. The fourth-order valence-corrected chi connectivity index (χ4v) is 3.59. The average Bonchev–Trinajstić information content (AvgIpc) is 3.12. The fraction of sp³-hybridized carbons (Fsp3) is 0.316. The second-order valence-corrected chi connectivity index (χ2v) is 6.81. The van der Waals surface area contributed by atoms with Gasteiger partial charge in [-0.05, 0) is 48.7 Å². The van der Waals surface area contributed by atoms with E-state index in [2.05, 4.69) is 15.9 Å². The number of hydrogen-bond donors (Lipinski definition) is 0. The van der Waals surface area contributed by atoms with Gasteiger partial charge in [0.25, 0.3) is 5.91 Å². The Balaban J connectivity index is 1.92. The lowest BCUT2D eigenvalue weighted by atomic mass is 10.0. The van der Waals surface area contributed by atoms with Gasteiger partial charge >= 0.3 is 0 Å². The number of amides is 1. The van der Waals surface area contributed by atoms with E-state index in [1.807, 2.05) is 18.2 Å². The lowest BCUT2D eigenvalue weighted by Crippen LogP contribution is -2.31. The summed E-state index contributed by atoms with van der Waals surface area (Å²) >= 11 is 3.30. The van der Waals surface area contributed by atoms with Crippen molar-refractivity contribution in [3.63, 3.8) is 0 Å². The van der Waals surface area contributed by atoms with Crippen LogP contribution >= 0.6 is 15.9 Å². The average molecular weight is 408 g/mol. The lowest BCUT2D eigenvalue weighted by Gasteiger charge is -2.26. The van der Waals surface area contributed by atoms with Gasteiger partial charge < -0.3 is 14.4 Å². The maximum absolute atomic E-state index is 14.1. The number of likely N-dealkylation sites (tertiary alicyclic amines) is 1. The molecule has 0 bridgehead atoms. The van der Waals surface area contributed by atoms with E-state index >= 15 is 0 Å². The summed E-state index contributed by atoms with van der Waals surface area (Å²) in [5.74, 6) is 0.454. The maximum Gasteiger partial charge on any atom is 0.257 e. The molecule has 1 fully saturated rings. The fourth-order valence-electron chi connectivity index (χ4n) is 3.23. The summed E-state index contributed by atoms with van der Waals surface area (Å²) in [5.41, 5.74) is 1.04. The minimum absolute atomic E-state index is 0.0850. The molecule has 0 N–H and O–H groups in total. The van der Waals surface area contributed by atoms with Gasteiger partial charge in [0, 0.05) is 11.0 Å². The molecule has 3 rings (SSSR count). The number of halogens is 2. The SMILES string of the molecule is COc1ccc(C2CCCN2C(=O)c2cc(Br)ccc2F)cc1OC. The molecule has 0 spiro atoms. The Bertz CT molecular complexity index is 796. The number of methoxy groups -OCH3 is 2. The van der Waals surface area contributed by atoms with Crippen molar-refractivity contribution in [1.29, 1.82) is 0 Å². The van der Waals surface area contributed by atoms with Gasteiger partial charge in [0.05, 0.1) is 25.8 Å². The summed E-state index contributed by atoms with van der Waals surface area (Å²) in [7, 11) is 3.16. The molecule has 1 saturated heterocycles. The van der Waals surface area contributed by atoms with Gasteiger partial charge in [0.15, 0.2) is 11.5 Å². The Morgan fingerprint density at radius 2 is 1.92 bits per heavy atom. The predicted octanol–water partition coefficient (Wildman–Crippen LogP) is 4.58. The van der Waals surface area contributed by atoms with Crippen molar-refractivity contribution >= 4 is 21.8 Å². The molecule has 1 atom stereocenters. The van der Waals surface area contributed by atoms with Crippen LogP contribution in [0.15, 0.2) is 40.9 Å². The first-order valence-corrected chi connectivity index (χ1v) is 8.82. The predicted molar refractivity (Wildman–Crippen MR) is 96.7 cm³/mol. The molecule has 25 heavy (non-hydrogen) atoms. The molecule has 0 saturated carbocycles. The maximum atomic E-state index is 14.1. The lowest BCUT2D eigenvalue weighted by molar-refractivity contribution is 0.0730.